The smallest absolute Gasteiger partial charge is 0.239 e. The van der Waals surface area contributed by atoms with Gasteiger partial charge in [0.2, 0.25) is 10.0 Å². The van der Waals surface area contributed by atoms with Gasteiger partial charge in [0, 0.05) is 13.1 Å². The topological polar surface area (TPSA) is 49.4 Å². The molecular weight excluding hydrogens is 260 g/mol. The van der Waals surface area contributed by atoms with Crippen LogP contribution in [-0.2, 0) is 10.0 Å². The van der Waals surface area contributed by atoms with Crippen molar-refractivity contribution in [1.82, 2.24) is 5.32 Å². The Hall–Kier alpha value is -1.07. The van der Waals surface area contributed by atoms with Gasteiger partial charge in [-0.25, -0.2) is 8.42 Å². The predicted octanol–water partition coefficient (Wildman–Crippen LogP) is 2.15. The van der Waals surface area contributed by atoms with E-state index in [4.69, 9.17) is 0 Å². The minimum atomic E-state index is -3.33. The minimum absolute atomic E-state index is 0.438. The van der Waals surface area contributed by atoms with Crippen molar-refractivity contribution < 1.29 is 8.42 Å². The lowest BCUT2D eigenvalue weighted by Gasteiger charge is -2.28. The van der Waals surface area contributed by atoms with Gasteiger partial charge in [0.25, 0.3) is 0 Å². The highest BCUT2D eigenvalue weighted by atomic mass is 32.2. The summed E-state index contributed by atoms with van der Waals surface area (Å²) in [5.74, 6) is 0. The van der Waals surface area contributed by atoms with E-state index in [1.807, 2.05) is 45.0 Å². The monoisotopic (exact) mass is 284 g/mol. The summed E-state index contributed by atoms with van der Waals surface area (Å²) in [6.45, 7) is 9.21. The number of nitrogens with one attached hydrogen (secondary N) is 1. The quantitative estimate of drug-likeness (QED) is 0.834. The fourth-order valence-electron chi connectivity index (χ4n) is 2.00. The number of para-hydroxylation sites is 1. The molecule has 1 atom stereocenters. The summed E-state index contributed by atoms with van der Waals surface area (Å²) < 4.78 is 26.7. The molecule has 0 amide bonds. The van der Waals surface area contributed by atoms with E-state index < -0.39 is 15.3 Å². The number of rotatable bonds is 7. The fourth-order valence-corrected chi connectivity index (χ4v) is 3.60. The molecule has 1 N–H and O–H groups in total. The maximum atomic E-state index is 12.6. The first-order valence-electron chi connectivity index (χ1n) is 6.73. The molecule has 0 fully saturated rings. The summed E-state index contributed by atoms with van der Waals surface area (Å²) in [6, 6.07) is 7.58. The van der Waals surface area contributed by atoms with Crippen LogP contribution in [0.2, 0.25) is 0 Å². The number of sulfonamides is 1. The highest BCUT2D eigenvalue weighted by Crippen LogP contribution is 2.24. The Bertz CT molecular complexity index is 500. The van der Waals surface area contributed by atoms with Crippen LogP contribution in [0.5, 0.6) is 0 Å². The zero-order chi connectivity index (χ0) is 14.5. The molecule has 0 aliphatic carbocycles. The Kier molecular flexibility index (Phi) is 5.82. The molecule has 0 aliphatic rings. The molecule has 0 saturated carbocycles. The standard InChI is InChI=1S/C14H24N2O2S/c1-5-15-11-13(4)19(17,18)16(6-2)14-10-8-7-9-12(14)3/h7-10,13,15H,5-6,11H2,1-4H3. The number of benzene rings is 1. The van der Waals surface area contributed by atoms with E-state index in [0.29, 0.717) is 13.1 Å². The highest BCUT2D eigenvalue weighted by Gasteiger charge is 2.28. The third kappa shape index (κ3) is 3.70. The molecule has 1 rings (SSSR count). The van der Waals surface area contributed by atoms with Crippen LogP contribution in [0.4, 0.5) is 5.69 Å². The number of anilines is 1. The summed E-state index contributed by atoms with van der Waals surface area (Å²) in [5, 5.41) is 2.66. The number of aryl methyl sites for hydroxylation is 1. The first-order chi connectivity index (χ1) is 8.95. The van der Waals surface area contributed by atoms with Gasteiger partial charge in [-0.05, 0) is 38.9 Å². The van der Waals surface area contributed by atoms with E-state index in [1.165, 1.54) is 4.31 Å². The first kappa shape index (κ1) is 16.0. The molecule has 0 aliphatic heterocycles. The van der Waals surface area contributed by atoms with Crippen LogP contribution in [0, 0.1) is 6.92 Å². The average Bonchev–Trinajstić information content (AvgIpc) is 2.38. The van der Waals surface area contributed by atoms with Crippen LogP contribution in [0.15, 0.2) is 24.3 Å². The predicted molar refractivity (Wildman–Crippen MR) is 81.1 cm³/mol. The Balaban J connectivity index is 3.06. The van der Waals surface area contributed by atoms with Gasteiger partial charge in [-0.2, -0.15) is 0 Å². The number of nitrogens with zero attached hydrogens (tertiary/aromatic N) is 1. The van der Waals surface area contributed by atoms with Gasteiger partial charge in [0.15, 0.2) is 0 Å². The Morgan fingerprint density at radius 1 is 1.26 bits per heavy atom. The second kappa shape index (κ2) is 6.91. The molecule has 108 valence electrons. The molecular formula is C14H24N2O2S. The lowest BCUT2D eigenvalue weighted by Crippen LogP contribution is -2.42. The van der Waals surface area contributed by atoms with Crippen molar-refractivity contribution >= 4 is 15.7 Å². The molecule has 4 nitrogen and oxygen atoms in total. The molecule has 5 heteroatoms. The summed E-state index contributed by atoms with van der Waals surface area (Å²) in [6.07, 6.45) is 0. The van der Waals surface area contributed by atoms with E-state index in [9.17, 15) is 8.42 Å². The van der Waals surface area contributed by atoms with Crippen molar-refractivity contribution in [2.45, 2.75) is 32.9 Å². The van der Waals surface area contributed by atoms with Crippen LogP contribution in [-0.4, -0.2) is 33.3 Å². The van der Waals surface area contributed by atoms with Crippen LogP contribution >= 0.6 is 0 Å². The lowest BCUT2D eigenvalue weighted by atomic mass is 10.2. The summed E-state index contributed by atoms with van der Waals surface area (Å²) in [7, 11) is -3.33. The molecule has 1 aromatic rings. The van der Waals surface area contributed by atoms with Crippen molar-refractivity contribution in [3.8, 4) is 0 Å². The Morgan fingerprint density at radius 2 is 1.89 bits per heavy atom. The summed E-state index contributed by atoms with van der Waals surface area (Å²) in [5.41, 5.74) is 1.75. The normalized spacial score (nSPS) is 13.3. The molecule has 0 bridgehead atoms. The van der Waals surface area contributed by atoms with E-state index in [2.05, 4.69) is 5.32 Å². The van der Waals surface area contributed by atoms with Crippen molar-refractivity contribution in [1.29, 1.82) is 0 Å². The Morgan fingerprint density at radius 3 is 2.42 bits per heavy atom. The largest absolute Gasteiger partial charge is 0.316 e. The molecule has 19 heavy (non-hydrogen) atoms. The molecule has 0 heterocycles. The van der Waals surface area contributed by atoms with Gasteiger partial charge < -0.3 is 5.32 Å². The summed E-state index contributed by atoms with van der Waals surface area (Å²) >= 11 is 0. The molecule has 1 aromatic carbocycles. The van der Waals surface area contributed by atoms with Crippen molar-refractivity contribution in [3.63, 3.8) is 0 Å². The third-order valence-electron chi connectivity index (χ3n) is 3.17. The van der Waals surface area contributed by atoms with E-state index >= 15 is 0 Å². The maximum Gasteiger partial charge on any atom is 0.239 e. The van der Waals surface area contributed by atoms with Gasteiger partial charge in [0.05, 0.1) is 10.9 Å². The maximum absolute atomic E-state index is 12.6. The molecule has 0 radical (unpaired) electrons. The van der Waals surface area contributed by atoms with Gasteiger partial charge in [-0.15, -0.1) is 0 Å². The number of hydrogen-bond acceptors (Lipinski definition) is 3. The van der Waals surface area contributed by atoms with E-state index in [1.54, 1.807) is 6.92 Å². The Labute approximate surface area is 116 Å². The van der Waals surface area contributed by atoms with Gasteiger partial charge in [-0.3, -0.25) is 4.31 Å². The molecule has 1 unspecified atom stereocenters. The third-order valence-corrected chi connectivity index (χ3v) is 5.42. The van der Waals surface area contributed by atoms with Crippen LogP contribution in [0.1, 0.15) is 26.3 Å². The molecule has 0 saturated heterocycles. The van der Waals surface area contributed by atoms with Gasteiger partial charge in [0.1, 0.15) is 0 Å². The zero-order valence-corrected chi connectivity index (χ0v) is 13.0. The molecule has 0 aromatic heterocycles. The van der Waals surface area contributed by atoms with Gasteiger partial charge >= 0.3 is 0 Å². The van der Waals surface area contributed by atoms with Crippen LogP contribution in [0.25, 0.3) is 0 Å². The first-order valence-corrected chi connectivity index (χ1v) is 8.23. The second-order valence-electron chi connectivity index (χ2n) is 4.61. The summed E-state index contributed by atoms with van der Waals surface area (Å²) in [4.78, 5) is 0. The van der Waals surface area contributed by atoms with Crippen molar-refractivity contribution in [2.75, 3.05) is 23.9 Å². The van der Waals surface area contributed by atoms with Crippen LogP contribution in [0.3, 0.4) is 0 Å². The van der Waals surface area contributed by atoms with Crippen LogP contribution < -0.4 is 9.62 Å². The van der Waals surface area contributed by atoms with E-state index in [-0.39, 0.29) is 0 Å². The van der Waals surface area contributed by atoms with Crippen molar-refractivity contribution in [3.05, 3.63) is 29.8 Å². The average molecular weight is 284 g/mol. The van der Waals surface area contributed by atoms with Gasteiger partial charge in [-0.1, -0.05) is 25.1 Å². The number of hydrogen-bond donors (Lipinski definition) is 1. The highest BCUT2D eigenvalue weighted by molar-refractivity contribution is 7.93. The minimum Gasteiger partial charge on any atom is -0.316 e. The SMILES string of the molecule is CCNCC(C)S(=O)(=O)N(CC)c1ccccc1C. The van der Waals surface area contributed by atoms with E-state index in [0.717, 1.165) is 17.8 Å². The van der Waals surface area contributed by atoms with Crippen molar-refractivity contribution in [2.24, 2.45) is 0 Å². The molecule has 0 spiro atoms. The zero-order valence-electron chi connectivity index (χ0n) is 12.2. The lowest BCUT2D eigenvalue weighted by molar-refractivity contribution is 0.570. The fraction of sp³-hybridized carbons (Fsp3) is 0.571. The second-order valence-corrected chi connectivity index (χ2v) is 6.89.